The number of ether oxygens (including phenoxy) is 1. The van der Waals surface area contributed by atoms with Crippen molar-refractivity contribution in [3.8, 4) is 5.75 Å². The Kier molecular flexibility index (Phi) is 4.74. The number of methoxy groups -OCH3 is 1. The molecule has 0 heterocycles. The van der Waals surface area contributed by atoms with Gasteiger partial charge in [-0.15, -0.1) is 0 Å². The fraction of sp³-hybridized carbons (Fsp3) is 0.300. The van der Waals surface area contributed by atoms with Crippen LogP contribution in [-0.2, 0) is 9.59 Å². The second-order valence-corrected chi connectivity index (χ2v) is 6.50. The van der Waals surface area contributed by atoms with E-state index in [9.17, 15) is 9.59 Å². The molecular formula is C20H22N2O3. The van der Waals surface area contributed by atoms with Crippen molar-refractivity contribution < 1.29 is 14.3 Å². The van der Waals surface area contributed by atoms with Gasteiger partial charge in [-0.3, -0.25) is 9.59 Å². The molecule has 0 aromatic heterocycles. The lowest BCUT2D eigenvalue weighted by molar-refractivity contribution is -0.122. The van der Waals surface area contributed by atoms with Crippen molar-refractivity contribution in [2.45, 2.75) is 20.3 Å². The molecule has 2 aromatic carbocycles. The lowest BCUT2D eigenvalue weighted by atomic mass is 10.2. The predicted molar refractivity (Wildman–Crippen MR) is 97.8 cm³/mol. The van der Waals surface area contributed by atoms with Crippen LogP contribution in [0.1, 0.15) is 17.5 Å². The maximum Gasteiger partial charge on any atom is 0.228 e. The van der Waals surface area contributed by atoms with Crippen LogP contribution < -0.4 is 15.4 Å². The van der Waals surface area contributed by atoms with E-state index in [1.807, 2.05) is 56.3 Å². The summed E-state index contributed by atoms with van der Waals surface area (Å²) in [5, 5.41) is 5.74. The number of hydrogen-bond acceptors (Lipinski definition) is 3. The number of carbonyl (C=O) groups is 2. The Morgan fingerprint density at radius 1 is 0.920 bits per heavy atom. The zero-order valence-electron chi connectivity index (χ0n) is 14.6. The van der Waals surface area contributed by atoms with Crippen molar-refractivity contribution in [2.24, 2.45) is 11.8 Å². The van der Waals surface area contributed by atoms with Gasteiger partial charge in [0, 0.05) is 5.69 Å². The average molecular weight is 338 g/mol. The monoisotopic (exact) mass is 338 g/mol. The molecule has 0 bridgehead atoms. The van der Waals surface area contributed by atoms with E-state index in [1.54, 1.807) is 7.11 Å². The van der Waals surface area contributed by atoms with Crippen LogP contribution in [0.15, 0.2) is 42.5 Å². The molecule has 0 saturated heterocycles. The minimum atomic E-state index is -0.296. The molecule has 1 aliphatic rings. The number of rotatable bonds is 5. The molecule has 5 nitrogen and oxygen atoms in total. The maximum atomic E-state index is 12.4. The molecule has 2 amide bonds. The van der Waals surface area contributed by atoms with Crippen LogP contribution in [-0.4, -0.2) is 18.9 Å². The van der Waals surface area contributed by atoms with E-state index in [0.717, 1.165) is 16.8 Å². The molecule has 0 aliphatic heterocycles. The first kappa shape index (κ1) is 17.0. The summed E-state index contributed by atoms with van der Waals surface area (Å²) in [6.45, 7) is 3.94. The number of anilines is 2. The quantitative estimate of drug-likeness (QED) is 0.876. The Bertz CT molecular complexity index is 799. The van der Waals surface area contributed by atoms with E-state index >= 15 is 0 Å². The third-order valence-electron chi connectivity index (χ3n) is 4.40. The summed E-state index contributed by atoms with van der Waals surface area (Å²) in [6.07, 6.45) is 0.567. The molecule has 1 fully saturated rings. The van der Waals surface area contributed by atoms with Gasteiger partial charge in [-0.1, -0.05) is 23.8 Å². The molecular weight excluding hydrogens is 316 g/mol. The van der Waals surface area contributed by atoms with E-state index in [1.165, 1.54) is 0 Å². The maximum absolute atomic E-state index is 12.4. The molecule has 3 rings (SSSR count). The molecule has 5 heteroatoms. The molecule has 2 atom stereocenters. The summed E-state index contributed by atoms with van der Waals surface area (Å²) in [5.41, 5.74) is 3.55. The highest BCUT2D eigenvalue weighted by Gasteiger charge is 2.48. The summed E-state index contributed by atoms with van der Waals surface area (Å²) in [4.78, 5) is 24.7. The van der Waals surface area contributed by atoms with Gasteiger partial charge in [0.1, 0.15) is 5.75 Å². The molecule has 0 radical (unpaired) electrons. The molecule has 25 heavy (non-hydrogen) atoms. The van der Waals surface area contributed by atoms with Crippen molar-refractivity contribution in [3.63, 3.8) is 0 Å². The van der Waals surface area contributed by atoms with E-state index in [-0.39, 0.29) is 23.7 Å². The van der Waals surface area contributed by atoms with Crippen molar-refractivity contribution >= 4 is 23.2 Å². The Balaban J connectivity index is 1.59. The van der Waals surface area contributed by atoms with E-state index in [2.05, 4.69) is 10.6 Å². The molecule has 0 spiro atoms. The number of hydrogen-bond donors (Lipinski definition) is 2. The SMILES string of the molecule is COc1ccc(C)cc1NC(=O)C1CC1C(=O)Nc1ccc(C)cc1. The van der Waals surface area contributed by atoms with E-state index in [0.29, 0.717) is 17.9 Å². The zero-order valence-corrected chi connectivity index (χ0v) is 14.6. The number of carbonyl (C=O) groups excluding carboxylic acids is 2. The van der Waals surface area contributed by atoms with Crippen LogP contribution in [0.4, 0.5) is 11.4 Å². The van der Waals surface area contributed by atoms with Gasteiger partial charge in [0.2, 0.25) is 11.8 Å². The number of benzene rings is 2. The van der Waals surface area contributed by atoms with Gasteiger partial charge in [-0.05, 0) is 50.1 Å². The van der Waals surface area contributed by atoms with Crippen molar-refractivity contribution in [2.75, 3.05) is 17.7 Å². The summed E-state index contributed by atoms with van der Waals surface area (Å²) in [7, 11) is 1.56. The zero-order chi connectivity index (χ0) is 18.0. The Morgan fingerprint density at radius 2 is 1.52 bits per heavy atom. The van der Waals surface area contributed by atoms with Crippen molar-refractivity contribution in [1.82, 2.24) is 0 Å². The third-order valence-corrected chi connectivity index (χ3v) is 4.40. The first-order valence-corrected chi connectivity index (χ1v) is 8.31. The van der Waals surface area contributed by atoms with Gasteiger partial charge in [0.25, 0.3) is 0 Å². The highest BCUT2D eigenvalue weighted by molar-refractivity contribution is 6.03. The lowest BCUT2D eigenvalue weighted by Gasteiger charge is -2.11. The smallest absolute Gasteiger partial charge is 0.228 e. The molecule has 2 unspecified atom stereocenters. The molecule has 1 saturated carbocycles. The van der Waals surface area contributed by atoms with Gasteiger partial charge >= 0.3 is 0 Å². The summed E-state index contributed by atoms with van der Waals surface area (Å²) < 4.78 is 5.27. The van der Waals surface area contributed by atoms with Gasteiger partial charge in [0.15, 0.2) is 0 Å². The van der Waals surface area contributed by atoms with Crippen LogP contribution in [0.5, 0.6) is 5.75 Å². The van der Waals surface area contributed by atoms with Gasteiger partial charge in [-0.2, -0.15) is 0 Å². The number of amides is 2. The largest absolute Gasteiger partial charge is 0.495 e. The Hall–Kier alpha value is -2.82. The van der Waals surface area contributed by atoms with Gasteiger partial charge in [-0.25, -0.2) is 0 Å². The molecule has 2 aromatic rings. The summed E-state index contributed by atoms with van der Waals surface area (Å²) in [6, 6.07) is 13.2. The second-order valence-electron chi connectivity index (χ2n) is 6.50. The number of nitrogens with one attached hydrogen (secondary N) is 2. The molecule has 130 valence electrons. The minimum Gasteiger partial charge on any atom is -0.495 e. The lowest BCUT2D eigenvalue weighted by Crippen LogP contribution is -2.20. The van der Waals surface area contributed by atoms with Crippen LogP contribution in [0.2, 0.25) is 0 Å². The Labute approximate surface area is 147 Å². The summed E-state index contributed by atoms with van der Waals surface area (Å²) >= 11 is 0. The van der Waals surface area contributed by atoms with Crippen molar-refractivity contribution in [3.05, 3.63) is 53.6 Å². The highest BCUT2D eigenvalue weighted by Crippen LogP contribution is 2.41. The first-order chi connectivity index (χ1) is 12.0. The minimum absolute atomic E-state index is 0.111. The normalized spacial score (nSPS) is 18.4. The molecule has 1 aliphatic carbocycles. The van der Waals surface area contributed by atoms with Crippen LogP contribution in [0.3, 0.4) is 0 Å². The average Bonchev–Trinajstić information content (AvgIpc) is 3.38. The van der Waals surface area contributed by atoms with Crippen LogP contribution in [0, 0.1) is 25.7 Å². The fourth-order valence-electron chi connectivity index (χ4n) is 2.79. The highest BCUT2D eigenvalue weighted by atomic mass is 16.5. The standard InChI is InChI=1S/C20H22N2O3/c1-12-4-7-14(8-5-12)21-19(23)15-11-16(15)20(24)22-17-10-13(2)6-9-18(17)25-3/h4-10,15-16H,11H2,1-3H3,(H,21,23)(H,22,24). The van der Waals surface area contributed by atoms with E-state index < -0.39 is 0 Å². The van der Waals surface area contributed by atoms with Gasteiger partial charge in [0.05, 0.1) is 24.6 Å². The second kappa shape index (κ2) is 6.97. The first-order valence-electron chi connectivity index (χ1n) is 8.31. The van der Waals surface area contributed by atoms with Crippen molar-refractivity contribution in [1.29, 1.82) is 0 Å². The predicted octanol–water partition coefficient (Wildman–Crippen LogP) is 3.53. The Morgan fingerprint density at radius 3 is 2.16 bits per heavy atom. The van der Waals surface area contributed by atoms with Crippen LogP contribution >= 0.6 is 0 Å². The third kappa shape index (κ3) is 3.99. The fourth-order valence-corrected chi connectivity index (χ4v) is 2.79. The van der Waals surface area contributed by atoms with Gasteiger partial charge < -0.3 is 15.4 Å². The van der Waals surface area contributed by atoms with Crippen LogP contribution in [0.25, 0.3) is 0 Å². The molecule has 2 N–H and O–H groups in total. The summed E-state index contributed by atoms with van der Waals surface area (Å²) in [5.74, 6) is -0.221. The van der Waals surface area contributed by atoms with E-state index in [4.69, 9.17) is 4.74 Å². The number of aryl methyl sites for hydroxylation is 2. The topological polar surface area (TPSA) is 67.4 Å².